The molecule has 3 aromatic heterocycles. The number of amides is 1. The molecular weight excluding hydrogens is 404 g/mol. The monoisotopic (exact) mass is 424 g/mol. The lowest BCUT2D eigenvalue weighted by atomic mass is 10.2. The van der Waals surface area contributed by atoms with Crippen LogP contribution >= 0.6 is 0 Å². The molecule has 1 atom stereocenters. The van der Waals surface area contributed by atoms with Crippen molar-refractivity contribution in [3.63, 3.8) is 0 Å². The maximum atomic E-state index is 13.3. The van der Waals surface area contributed by atoms with Gasteiger partial charge in [-0.3, -0.25) is 4.79 Å². The lowest BCUT2D eigenvalue weighted by Crippen LogP contribution is -2.55. The van der Waals surface area contributed by atoms with E-state index in [1.165, 1.54) is 10.5 Å². The summed E-state index contributed by atoms with van der Waals surface area (Å²) in [4.78, 5) is 21.9. The second-order valence-electron chi connectivity index (χ2n) is 7.42. The van der Waals surface area contributed by atoms with E-state index in [4.69, 9.17) is 4.42 Å². The number of piperazine rings is 1. The maximum Gasteiger partial charge on any atom is 0.289 e. The summed E-state index contributed by atoms with van der Waals surface area (Å²) in [6.07, 6.45) is 3.09. The number of furan rings is 1. The number of hydrogen-bond donors (Lipinski definition) is 1. The van der Waals surface area contributed by atoms with Gasteiger partial charge in [-0.2, -0.15) is 4.31 Å². The molecule has 4 aromatic rings. The lowest BCUT2D eigenvalue weighted by molar-refractivity contribution is 0.0613. The average Bonchev–Trinajstić information content (AvgIpc) is 3.37. The number of para-hydroxylation sites is 1. The van der Waals surface area contributed by atoms with Crippen molar-refractivity contribution < 1.29 is 17.6 Å². The Balaban J connectivity index is 1.38. The predicted octanol–water partition coefficient (Wildman–Crippen LogP) is 2.84. The number of carbonyl (C=O) groups is 1. The van der Waals surface area contributed by atoms with E-state index in [9.17, 15) is 13.2 Å². The number of sulfonamides is 1. The molecule has 0 aliphatic carbocycles. The maximum absolute atomic E-state index is 13.3. The zero-order valence-corrected chi connectivity index (χ0v) is 17.1. The Morgan fingerprint density at radius 3 is 2.83 bits per heavy atom. The minimum atomic E-state index is -3.73. The smallest absolute Gasteiger partial charge is 0.289 e. The SMILES string of the molecule is C[C@@H]1CN(C(=O)c2cc3ccccc3o2)CCN1S(=O)(=O)c1c[nH]c2ncccc12. The van der Waals surface area contributed by atoms with Gasteiger partial charge in [0, 0.05) is 48.8 Å². The first-order chi connectivity index (χ1) is 14.4. The minimum absolute atomic E-state index is 0.203. The zero-order valence-electron chi connectivity index (χ0n) is 16.3. The molecule has 1 fully saturated rings. The largest absolute Gasteiger partial charge is 0.451 e. The molecule has 0 unspecified atom stereocenters. The fraction of sp³-hybridized carbons (Fsp3) is 0.238. The van der Waals surface area contributed by atoms with E-state index in [0.29, 0.717) is 23.2 Å². The molecule has 1 aromatic carbocycles. The van der Waals surface area contributed by atoms with Crippen molar-refractivity contribution in [3.05, 3.63) is 60.6 Å². The van der Waals surface area contributed by atoms with Crippen LogP contribution in [0.2, 0.25) is 0 Å². The van der Waals surface area contributed by atoms with Crippen molar-refractivity contribution in [1.82, 2.24) is 19.2 Å². The number of nitrogens with one attached hydrogen (secondary N) is 1. The molecule has 0 bridgehead atoms. The van der Waals surface area contributed by atoms with E-state index in [1.54, 1.807) is 29.3 Å². The molecule has 154 valence electrons. The summed E-state index contributed by atoms with van der Waals surface area (Å²) in [5, 5.41) is 1.42. The number of aromatic nitrogens is 2. The van der Waals surface area contributed by atoms with Crippen molar-refractivity contribution in [2.75, 3.05) is 19.6 Å². The van der Waals surface area contributed by atoms with Crippen molar-refractivity contribution in [3.8, 4) is 0 Å². The number of nitrogens with zero attached hydrogens (tertiary/aromatic N) is 3. The van der Waals surface area contributed by atoms with Gasteiger partial charge in [0.2, 0.25) is 10.0 Å². The van der Waals surface area contributed by atoms with Crippen LogP contribution in [0.1, 0.15) is 17.5 Å². The highest BCUT2D eigenvalue weighted by Gasteiger charge is 2.37. The van der Waals surface area contributed by atoms with Crippen LogP contribution in [0.25, 0.3) is 22.0 Å². The average molecular weight is 424 g/mol. The van der Waals surface area contributed by atoms with Gasteiger partial charge < -0.3 is 14.3 Å². The molecule has 0 spiro atoms. The minimum Gasteiger partial charge on any atom is -0.451 e. The summed E-state index contributed by atoms with van der Waals surface area (Å²) >= 11 is 0. The summed E-state index contributed by atoms with van der Waals surface area (Å²) in [6, 6.07) is 12.2. The first-order valence-electron chi connectivity index (χ1n) is 9.67. The molecule has 1 saturated heterocycles. The van der Waals surface area contributed by atoms with E-state index < -0.39 is 10.0 Å². The Kier molecular flexibility index (Phi) is 4.37. The number of hydrogen-bond acceptors (Lipinski definition) is 5. The lowest BCUT2D eigenvalue weighted by Gasteiger charge is -2.38. The molecular formula is C21H20N4O4S. The summed E-state index contributed by atoms with van der Waals surface area (Å²) in [5.41, 5.74) is 1.19. The van der Waals surface area contributed by atoms with Crippen molar-refractivity contribution >= 4 is 37.9 Å². The van der Waals surface area contributed by atoms with Crippen molar-refractivity contribution in [1.29, 1.82) is 0 Å². The number of carbonyl (C=O) groups excluding carboxylic acids is 1. The second-order valence-corrected chi connectivity index (χ2v) is 9.28. The van der Waals surface area contributed by atoms with E-state index in [-0.39, 0.29) is 35.7 Å². The fourth-order valence-electron chi connectivity index (χ4n) is 4.00. The Hall–Kier alpha value is -3.17. The topological polar surface area (TPSA) is 99.5 Å². The van der Waals surface area contributed by atoms with Crippen molar-refractivity contribution in [2.45, 2.75) is 17.9 Å². The van der Waals surface area contributed by atoms with Gasteiger partial charge >= 0.3 is 0 Å². The van der Waals surface area contributed by atoms with Crippen molar-refractivity contribution in [2.24, 2.45) is 0 Å². The van der Waals surface area contributed by atoms with Crippen LogP contribution in [0.4, 0.5) is 0 Å². The third-order valence-corrected chi connectivity index (χ3v) is 7.54. The number of rotatable bonds is 3. The number of benzene rings is 1. The van der Waals surface area contributed by atoms with Crippen LogP contribution in [0.3, 0.4) is 0 Å². The summed E-state index contributed by atoms with van der Waals surface area (Å²) in [5.74, 6) is 0.0359. The molecule has 1 N–H and O–H groups in total. The molecule has 1 amide bonds. The van der Waals surface area contributed by atoms with Crippen LogP contribution in [0.15, 0.2) is 64.2 Å². The molecule has 0 saturated carbocycles. The Labute approximate surface area is 173 Å². The highest BCUT2D eigenvalue weighted by molar-refractivity contribution is 7.89. The molecule has 5 rings (SSSR count). The first-order valence-corrected chi connectivity index (χ1v) is 11.1. The van der Waals surface area contributed by atoms with Gasteiger partial charge in [0.1, 0.15) is 16.1 Å². The molecule has 0 radical (unpaired) electrons. The number of H-pyrrole nitrogens is 1. The highest BCUT2D eigenvalue weighted by atomic mass is 32.2. The van der Waals surface area contributed by atoms with Crippen LogP contribution in [-0.4, -0.2) is 59.2 Å². The predicted molar refractivity (Wildman–Crippen MR) is 112 cm³/mol. The third kappa shape index (κ3) is 2.98. The summed E-state index contributed by atoms with van der Waals surface area (Å²) in [6.45, 7) is 2.60. The Bertz CT molecular complexity index is 1320. The fourth-order valence-corrected chi connectivity index (χ4v) is 5.76. The first kappa shape index (κ1) is 18.8. The molecule has 4 heterocycles. The van der Waals surface area contributed by atoms with Gasteiger partial charge in [-0.25, -0.2) is 13.4 Å². The van der Waals surface area contributed by atoms with Gasteiger partial charge in [-0.05, 0) is 31.2 Å². The summed E-state index contributed by atoms with van der Waals surface area (Å²) in [7, 11) is -3.73. The van der Waals surface area contributed by atoms with Crippen LogP contribution in [0.5, 0.6) is 0 Å². The standard InChI is InChI=1S/C21H20N4O4S/c1-14-13-24(21(26)18-11-15-5-2-3-7-17(15)29-18)9-10-25(14)30(27,28)19-12-23-20-16(19)6-4-8-22-20/h2-8,11-12,14H,9-10,13H2,1H3,(H,22,23)/t14-/m1/s1. The molecule has 8 nitrogen and oxygen atoms in total. The van der Waals surface area contributed by atoms with Crippen LogP contribution in [0, 0.1) is 0 Å². The number of pyridine rings is 1. The van der Waals surface area contributed by atoms with Gasteiger partial charge in [-0.15, -0.1) is 0 Å². The quantitative estimate of drug-likeness (QED) is 0.545. The van der Waals surface area contributed by atoms with Crippen LogP contribution < -0.4 is 0 Å². The van der Waals surface area contributed by atoms with Gasteiger partial charge in [-0.1, -0.05) is 18.2 Å². The highest BCUT2D eigenvalue weighted by Crippen LogP contribution is 2.28. The molecule has 30 heavy (non-hydrogen) atoms. The normalized spacial score (nSPS) is 18.3. The molecule has 1 aliphatic heterocycles. The van der Waals surface area contributed by atoms with Gasteiger partial charge in [0.25, 0.3) is 5.91 Å². The third-order valence-electron chi connectivity index (χ3n) is 5.49. The van der Waals surface area contributed by atoms with Crippen LogP contribution in [-0.2, 0) is 10.0 Å². The van der Waals surface area contributed by atoms with E-state index in [0.717, 1.165) is 5.39 Å². The molecule has 1 aliphatic rings. The Morgan fingerprint density at radius 2 is 2.03 bits per heavy atom. The van der Waals surface area contributed by atoms with E-state index >= 15 is 0 Å². The number of fused-ring (bicyclic) bond motifs is 2. The van der Waals surface area contributed by atoms with E-state index in [2.05, 4.69) is 9.97 Å². The molecule has 9 heteroatoms. The Morgan fingerprint density at radius 1 is 1.20 bits per heavy atom. The van der Waals surface area contributed by atoms with E-state index in [1.807, 2.05) is 31.2 Å². The van der Waals surface area contributed by atoms with Gasteiger partial charge in [0.05, 0.1) is 0 Å². The summed E-state index contributed by atoms with van der Waals surface area (Å²) < 4.78 is 33.7. The number of aromatic amines is 1. The van der Waals surface area contributed by atoms with Gasteiger partial charge in [0.15, 0.2) is 5.76 Å². The zero-order chi connectivity index (χ0) is 20.9. The second kappa shape index (κ2) is 6.96.